The number of halogens is 2. The Labute approximate surface area is 161 Å². The molecule has 25 heavy (non-hydrogen) atoms. The molecule has 0 aliphatic heterocycles. The second-order valence-electron chi connectivity index (χ2n) is 5.65. The summed E-state index contributed by atoms with van der Waals surface area (Å²) < 4.78 is 6.96. The lowest BCUT2D eigenvalue weighted by Crippen LogP contribution is -1.98. The van der Waals surface area contributed by atoms with Crippen molar-refractivity contribution in [2.45, 2.75) is 13.5 Å². The number of hydrogen-bond acceptors (Lipinski definition) is 2. The molecular weight excluding hydrogens is 398 g/mol. The minimum absolute atomic E-state index is 0.513. The monoisotopic (exact) mass is 413 g/mol. The third-order valence-electron chi connectivity index (χ3n) is 3.72. The molecule has 0 aromatic heterocycles. The van der Waals surface area contributed by atoms with Crippen molar-refractivity contribution in [3.8, 4) is 5.75 Å². The molecule has 2 nitrogen and oxygen atoms in total. The molecule has 0 saturated heterocycles. The highest BCUT2D eigenvalue weighted by molar-refractivity contribution is 9.10. The standard InChI is InChI=1S/C21H17BrClNO/c1-15-7-9-19(23)12-20(15)24-13-17-11-18(22)8-10-21(17)25-14-16-5-3-2-4-6-16/h2-13H,14H2,1H3. The fourth-order valence-corrected chi connectivity index (χ4v) is 2.89. The fraction of sp³-hybridized carbons (Fsp3) is 0.0952. The van der Waals surface area contributed by atoms with E-state index in [1.54, 1.807) is 0 Å². The van der Waals surface area contributed by atoms with Gasteiger partial charge in [-0.05, 0) is 48.4 Å². The van der Waals surface area contributed by atoms with Gasteiger partial charge in [0.05, 0.1) is 5.69 Å². The number of hydrogen-bond donors (Lipinski definition) is 0. The van der Waals surface area contributed by atoms with Crippen LogP contribution in [0.1, 0.15) is 16.7 Å². The van der Waals surface area contributed by atoms with E-state index >= 15 is 0 Å². The average molecular weight is 415 g/mol. The van der Waals surface area contributed by atoms with Crippen LogP contribution in [0.2, 0.25) is 5.02 Å². The zero-order valence-electron chi connectivity index (χ0n) is 13.7. The summed E-state index contributed by atoms with van der Waals surface area (Å²) in [6.07, 6.45) is 1.81. The van der Waals surface area contributed by atoms with Crippen LogP contribution in [0.15, 0.2) is 76.2 Å². The molecule has 4 heteroatoms. The Hall–Kier alpha value is -2.10. The normalized spacial score (nSPS) is 11.0. The minimum atomic E-state index is 0.513. The van der Waals surface area contributed by atoms with E-state index < -0.39 is 0 Å². The summed E-state index contributed by atoms with van der Waals surface area (Å²) in [6.45, 7) is 2.52. The lowest BCUT2D eigenvalue weighted by atomic mass is 10.2. The quantitative estimate of drug-likeness (QED) is 0.424. The first-order chi connectivity index (χ1) is 12.1. The van der Waals surface area contributed by atoms with Crippen molar-refractivity contribution in [2.75, 3.05) is 0 Å². The van der Waals surface area contributed by atoms with Gasteiger partial charge in [-0.15, -0.1) is 0 Å². The van der Waals surface area contributed by atoms with Gasteiger partial charge in [-0.25, -0.2) is 0 Å². The summed E-state index contributed by atoms with van der Waals surface area (Å²) in [6, 6.07) is 21.7. The lowest BCUT2D eigenvalue weighted by Gasteiger charge is -2.10. The molecular formula is C21H17BrClNO. The van der Waals surface area contributed by atoms with Gasteiger partial charge in [-0.2, -0.15) is 0 Å². The summed E-state index contributed by atoms with van der Waals surface area (Å²) in [5.41, 5.74) is 3.95. The summed E-state index contributed by atoms with van der Waals surface area (Å²) in [7, 11) is 0. The Morgan fingerprint density at radius 1 is 1.04 bits per heavy atom. The predicted molar refractivity (Wildman–Crippen MR) is 108 cm³/mol. The third-order valence-corrected chi connectivity index (χ3v) is 4.45. The van der Waals surface area contributed by atoms with Crippen LogP contribution in [0.4, 0.5) is 5.69 Å². The summed E-state index contributed by atoms with van der Waals surface area (Å²) in [5.74, 6) is 0.787. The second-order valence-corrected chi connectivity index (χ2v) is 7.00. The van der Waals surface area contributed by atoms with E-state index in [2.05, 4.69) is 20.9 Å². The molecule has 0 heterocycles. The number of rotatable bonds is 5. The van der Waals surface area contributed by atoms with Gasteiger partial charge < -0.3 is 4.74 Å². The Morgan fingerprint density at radius 3 is 2.64 bits per heavy atom. The Morgan fingerprint density at radius 2 is 1.84 bits per heavy atom. The van der Waals surface area contributed by atoms with Crippen molar-refractivity contribution in [3.63, 3.8) is 0 Å². The molecule has 0 radical (unpaired) electrons. The van der Waals surface area contributed by atoms with Gasteiger partial charge in [0.15, 0.2) is 0 Å². The Bertz CT molecular complexity index is 894. The smallest absolute Gasteiger partial charge is 0.128 e. The van der Waals surface area contributed by atoms with E-state index in [4.69, 9.17) is 16.3 Å². The van der Waals surface area contributed by atoms with Crippen molar-refractivity contribution in [2.24, 2.45) is 4.99 Å². The van der Waals surface area contributed by atoms with Crippen LogP contribution in [-0.4, -0.2) is 6.21 Å². The van der Waals surface area contributed by atoms with Gasteiger partial charge in [0.25, 0.3) is 0 Å². The van der Waals surface area contributed by atoms with Gasteiger partial charge in [-0.3, -0.25) is 4.99 Å². The number of aliphatic imine (C=N–C) groups is 1. The highest BCUT2D eigenvalue weighted by Gasteiger charge is 2.04. The summed E-state index contributed by atoms with van der Waals surface area (Å²) in [5, 5.41) is 0.674. The van der Waals surface area contributed by atoms with Crippen molar-refractivity contribution in [1.82, 2.24) is 0 Å². The number of ether oxygens (including phenoxy) is 1. The average Bonchev–Trinajstić information content (AvgIpc) is 2.62. The zero-order chi connectivity index (χ0) is 17.6. The van der Waals surface area contributed by atoms with Crippen LogP contribution in [0.25, 0.3) is 0 Å². The molecule has 0 unspecified atom stereocenters. The molecule has 0 bridgehead atoms. The summed E-state index contributed by atoms with van der Waals surface area (Å²) in [4.78, 5) is 4.58. The van der Waals surface area contributed by atoms with Crippen molar-refractivity contribution in [1.29, 1.82) is 0 Å². The number of benzene rings is 3. The van der Waals surface area contributed by atoms with Gasteiger partial charge in [0.1, 0.15) is 12.4 Å². The molecule has 0 amide bonds. The van der Waals surface area contributed by atoms with Crippen LogP contribution in [-0.2, 0) is 6.61 Å². The molecule has 3 aromatic carbocycles. The van der Waals surface area contributed by atoms with Crippen molar-refractivity contribution < 1.29 is 4.74 Å². The maximum absolute atomic E-state index is 6.07. The largest absolute Gasteiger partial charge is 0.488 e. The first kappa shape index (κ1) is 17.7. The maximum Gasteiger partial charge on any atom is 0.128 e. The molecule has 3 rings (SSSR count). The van der Waals surface area contributed by atoms with E-state index in [0.717, 1.165) is 32.6 Å². The Kier molecular flexibility index (Phi) is 5.90. The Balaban J connectivity index is 1.84. The number of aryl methyl sites for hydroxylation is 1. The highest BCUT2D eigenvalue weighted by atomic mass is 79.9. The van der Waals surface area contributed by atoms with Crippen LogP contribution in [0.5, 0.6) is 5.75 Å². The van der Waals surface area contributed by atoms with E-state index in [0.29, 0.717) is 11.6 Å². The highest BCUT2D eigenvalue weighted by Crippen LogP contribution is 2.26. The van der Waals surface area contributed by atoms with Crippen molar-refractivity contribution in [3.05, 3.63) is 92.9 Å². The second kappa shape index (κ2) is 8.32. The minimum Gasteiger partial charge on any atom is -0.488 e. The van der Waals surface area contributed by atoms with Crippen LogP contribution >= 0.6 is 27.5 Å². The molecule has 0 fully saturated rings. The molecule has 0 saturated carbocycles. The maximum atomic E-state index is 6.07. The molecule has 0 aliphatic rings. The lowest BCUT2D eigenvalue weighted by molar-refractivity contribution is 0.306. The molecule has 3 aromatic rings. The first-order valence-electron chi connectivity index (χ1n) is 7.88. The summed E-state index contributed by atoms with van der Waals surface area (Å²) >= 11 is 9.57. The van der Waals surface area contributed by atoms with E-state index in [-0.39, 0.29) is 0 Å². The molecule has 0 spiro atoms. The molecule has 0 aliphatic carbocycles. The topological polar surface area (TPSA) is 21.6 Å². The van der Waals surface area contributed by atoms with Gasteiger partial charge in [0.2, 0.25) is 0 Å². The van der Waals surface area contributed by atoms with Gasteiger partial charge >= 0.3 is 0 Å². The predicted octanol–water partition coefficient (Wildman–Crippen LogP) is 6.74. The van der Waals surface area contributed by atoms with Crippen molar-refractivity contribution >= 4 is 39.4 Å². The molecule has 0 N–H and O–H groups in total. The van der Waals surface area contributed by atoms with Crippen LogP contribution in [0.3, 0.4) is 0 Å². The van der Waals surface area contributed by atoms with E-state index in [1.807, 2.05) is 79.9 Å². The molecule has 0 atom stereocenters. The zero-order valence-corrected chi connectivity index (χ0v) is 16.1. The van der Waals surface area contributed by atoms with E-state index in [1.165, 1.54) is 0 Å². The SMILES string of the molecule is Cc1ccc(Cl)cc1N=Cc1cc(Br)ccc1OCc1ccccc1. The fourth-order valence-electron chi connectivity index (χ4n) is 2.35. The van der Waals surface area contributed by atoms with Crippen LogP contribution < -0.4 is 4.74 Å². The first-order valence-corrected chi connectivity index (χ1v) is 9.05. The molecule has 126 valence electrons. The van der Waals surface area contributed by atoms with E-state index in [9.17, 15) is 0 Å². The van der Waals surface area contributed by atoms with Gasteiger partial charge in [-0.1, -0.05) is 63.9 Å². The van der Waals surface area contributed by atoms with Crippen LogP contribution in [0, 0.1) is 6.92 Å². The third kappa shape index (κ3) is 4.94. The van der Waals surface area contributed by atoms with Gasteiger partial charge in [0, 0.05) is 21.3 Å². The number of nitrogens with zero attached hydrogens (tertiary/aromatic N) is 1.